The average Bonchev–Trinajstić information content (AvgIpc) is 2.72. The summed E-state index contributed by atoms with van der Waals surface area (Å²) in [5.74, 6) is -7.96. The van der Waals surface area contributed by atoms with Crippen LogP contribution in [0, 0.1) is 5.92 Å². The van der Waals surface area contributed by atoms with Crippen LogP contribution >= 0.6 is 0 Å². The lowest BCUT2D eigenvalue weighted by atomic mass is 9.97. The van der Waals surface area contributed by atoms with Gasteiger partial charge in [0.2, 0.25) is 29.5 Å². The highest BCUT2D eigenvalue weighted by Crippen LogP contribution is 2.10. The van der Waals surface area contributed by atoms with Gasteiger partial charge in [0.05, 0.1) is 18.9 Å². The van der Waals surface area contributed by atoms with E-state index in [1.165, 1.54) is 0 Å². The number of amides is 5. The molecule has 0 aromatic rings. The highest BCUT2D eigenvalue weighted by Gasteiger charge is 2.33. The molecular weight excluding hydrogens is 456 g/mol. The largest absolute Gasteiger partial charge is 0.481 e. The molecule has 5 amide bonds. The predicted octanol–water partition coefficient (Wildman–Crippen LogP) is -3.49. The van der Waals surface area contributed by atoms with Crippen LogP contribution in [0.1, 0.15) is 46.0 Å². The first-order valence-electron chi connectivity index (χ1n) is 10.4. The zero-order chi connectivity index (χ0) is 26.6. The van der Waals surface area contributed by atoms with Crippen LogP contribution in [0.15, 0.2) is 0 Å². The molecule has 0 aliphatic rings. The van der Waals surface area contributed by atoms with Crippen LogP contribution in [-0.4, -0.2) is 75.9 Å². The minimum atomic E-state index is -1.70. The zero-order valence-corrected chi connectivity index (χ0v) is 18.9. The fourth-order valence-corrected chi connectivity index (χ4v) is 2.74. The average molecular weight is 488 g/mol. The van der Waals surface area contributed by atoms with E-state index in [0.29, 0.717) is 6.42 Å². The van der Waals surface area contributed by atoms with Gasteiger partial charge in [-0.3, -0.25) is 28.8 Å². The molecule has 15 heteroatoms. The summed E-state index contributed by atoms with van der Waals surface area (Å²) in [6.07, 6.45) is -1.78. The summed E-state index contributed by atoms with van der Waals surface area (Å²) in [6.45, 7) is 3.33. The number of hydrogen-bond acceptors (Lipinski definition) is 8. The van der Waals surface area contributed by atoms with E-state index in [4.69, 9.17) is 27.4 Å². The van der Waals surface area contributed by atoms with Crippen molar-refractivity contribution in [2.45, 2.75) is 70.1 Å². The third kappa shape index (κ3) is 11.2. The van der Waals surface area contributed by atoms with Gasteiger partial charge in [-0.25, -0.2) is 4.79 Å². The molecule has 0 rings (SSSR count). The van der Waals surface area contributed by atoms with Gasteiger partial charge in [-0.15, -0.1) is 0 Å². The molecule has 34 heavy (non-hydrogen) atoms. The Bertz CT molecular complexity index is 803. The van der Waals surface area contributed by atoms with Crippen molar-refractivity contribution in [2.75, 3.05) is 0 Å². The number of primary amides is 2. The number of carboxylic acids is 2. The lowest BCUT2D eigenvalue weighted by Crippen LogP contribution is -2.59. The number of carbonyl (C=O) groups is 7. The second-order valence-corrected chi connectivity index (χ2v) is 7.71. The van der Waals surface area contributed by atoms with Crippen LogP contribution in [-0.2, 0) is 33.6 Å². The van der Waals surface area contributed by atoms with Crippen molar-refractivity contribution in [3.63, 3.8) is 0 Å². The number of hydrogen-bond donors (Lipinski definition) is 8. The van der Waals surface area contributed by atoms with Gasteiger partial charge in [0.25, 0.3) is 0 Å². The van der Waals surface area contributed by atoms with Crippen LogP contribution in [0.2, 0.25) is 0 Å². The fraction of sp³-hybridized carbons (Fsp3) is 0.632. The Hall–Kier alpha value is -3.75. The minimum absolute atomic E-state index is 0.398. The Balaban J connectivity index is 5.66. The lowest BCUT2D eigenvalue weighted by molar-refractivity contribution is -0.144. The number of nitrogens with two attached hydrogens (primary N) is 3. The van der Waals surface area contributed by atoms with Crippen LogP contribution in [0.4, 0.5) is 0 Å². The third-order valence-corrected chi connectivity index (χ3v) is 4.85. The first-order chi connectivity index (χ1) is 15.7. The minimum Gasteiger partial charge on any atom is -0.481 e. The van der Waals surface area contributed by atoms with E-state index in [1.54, 1.807) is 13.8 Å². The van der Waals surface area contributed by atoms with E-state index < -0.39 is 97.2 Å². The fourth-order valence-electron chi connectivity index (χ4n) is 2.74. The van der Waals surface area contributed by atoms with Crippen molar-refractivity contribution in [2.24, 2.45) is 23.1 Å². The van der Waals surface area contributed by atoms with E-state index in [-0.39, 0.29) is 0 Å². The molecule has 0 aromatic heterocycles. The van der Waals surface area contributed by atoms with Crippen molar-refractivity contribution >= 4 is 41.5 Å². The maximum absolute atomic E-state index is 12.9. The summed E-state index contributed by atoms with van der Waals surface area (Å²) in [4.78, 5) is 82.1. The quantitative estimate of drug-likeness (QED) is 0.106. The maximum atomic E-state index is 12.9. The van der Waals surface area contributed by atoms with Crippen LogP contribution < -0.4 is 33.2 Å². The lowest BCUT2D eigenvalue weighted by Gasteiger charge is -2.27. The molecular formula is C19H32N6O9. The summed E-state index contributed by atoms with van der Waals surface area (Å²) in [6, 6.07) is -5.77. The van der Waals surface area contributed by atoms with Gasteiger partial charge in [0, 0.05) is 6.42 Å². The summed E-state index contributed by atoms with van der Waals surface area (Å²) >= 11 is 0. The molecule has 0 heterocycles. The summed E-state index contributed by atoms with van der Waals surface area (Å²) in [5, 5.41) is 24.8. The molecule has 0 spiro atoms. The standard InChI is InChI=1S/C19H32N6O9/c1-3-8(2)15(25-16(30)9(20)6-12(21)26)18(32)23-10(4-5-14(28)29)17(31)24-11(19(33)34)7-13(22)27/h8-11,15H,3-7,20H2,1-2H3,(H2,21,26)(H2,22,27)(H,23,32)(H,24,31)(H,25,30)(H,28,29)(H,33,34). The molecule has 0 radical (unpaired) electrons. The Labute approximate surface area is 195 Å². The molecule has 192 valence electrons. The number of aliphatic carboxylic acids is 2. The van der Waals surface area contributed by atoms with Gasteiger partial charge in [-0.1, -0.05) is 20.3 Å². The van der Waals surface area contributed by atoms with E-state index in [1.807, 2.05) is 5.32 Å². The molecule has 15 nitrogen and oxygen atoms in total. The van der Waals surface area contributed by atoms with Gasteiger partial charge in [-0.05, 0) is 12.3 Å². The van der Waals surface area contributed by atoms with Gasteiger partial charge < -0.3 is 43.4 Å². The molecule has 0 aliphatic carbocycles. The Kier molecular flexibility index (Phi) is 12.8. The van der Waals surface area contributed by atoms with E-state index >= 15 is 0 Å². The maximum Gasteiger partial charge on any atom is 0.326 e. The summed E-state index contributed by atoms with van der Waals surface area (Å²) in [5.41, 5.74) is 15.6. The van der Waals surface area contributed by atoms with Crippen molar-refractivity contribution < 1.29 is 43.8 Å². The van der Waals surface area contributed by atoms with Gasteiger partial charge in [0.1, 0.15) is 18.1 Å². The Morgan fingerprint density at radius 1 is 0.794 bits per heavy atom. The van der Waals surface area contributed by atoms with E-state index in [9.17, 15) is 33.6 Å². The molecule has 0 saturated heterocycles. The summed E-state index contributed by atoms with van der Waals surface area (Å²) < 4.78 is 0. The SMILES string of the molecule is CCC(C)C(NC(=O)C(N)CC(N)=O)C(=O)NC(CCC(=O)O)C(=O)NC(CC(N)=O)C(=O)O. The van der Waals surface area contributed by atoms with Crippen LogP contribution in [0.3, 0.4) is 0 Å². The van der Waals surface area contributed by atoms with Crippen molar-refractivity contribution in [3.05, 3.63) is 0 Å². The highest BCUT2D eigenvalue weighted by atomic mass is 16.4. The molecule has 0 aromatic carbocycles. The van der Waals surface area contributed by atoms with Crippen LogP contribution in [0.5, 0.6) is 0 Å². The summed E-state index contributed by atoms with van der Waals surface area (Å²) in [7, 11) is 0. The molecule has 0 bridgehead atoms. The Morgan fingerprint density at radius 2 is 1.32 bits per heavy atom. The van der Waals surface area contributed by atoms with E-state index in [2.05, 4.69) is 10.6 Å². The molecule has 5 atom stereocenters. The van der Waals surface area contributed by atoms with Gasteiger partial charge in [0.15, 0.2) is 0 Å². The van der Waals surface area contributed by atoms with Crippen molar-refractivity contribution in [3.8, 4) is 0 Å². The number of rotatable bonds is 16. The second kappa shape index (κ2) is 14.4. The number of carbonyl (C=O) groups excluding carboxylic acids is 5. The number of nitrogens with one attached hydrogen (secondary N) is 3. The molecule has 5 unspecified atom stereocenters. The predicted molar refractivity (Wildman–Crippen MR) is 115 cm³/mol. The normalized spacial score (nSPS) is 15.0. The third-order valence-electron chi connectivity index (χ3n) is 4.85. The monoisotopic (exact) mass is 488 g/mol. The Morgan fingerprint density at radius 3 is 1.76 bits per heavy atom. The van der Waals surface area contributed by atoms with Crippen LogP contribution in [0.25, 0.3) is 0 Å². The highest BCUT2D eigenvalue weighted by molar-refractivity contribution is 5.95. The van der Waals surface area contributed by atoms with Crippen molar-refractivity contribution in [1.82, 2.24) is 16.0 Å². The molecule has 0 fully saturated rings. The van der Waals surface area contributed by atoms with Crippen molar-refractivity contribution in [1.29, 1.82) is 0 Å². The molecule has 11 N–H and O–H groups in total. The second-order valence-electron chi connectivity index (χ2n) is 7.71. The van der Waals surface area contributed by atoms with Gasteiger partial charge >= 0.3 is 11.9 Å². The van der Waals surface area contributed by atoms with E-state index in [0.717, 1.165) is 0 Å². The number of carboxylic acid groups (broad SMARTS) is 2. The first-order valence-corrected chi connectivity index (χ1v) is 10.4. The molecule has 0 saturated carbocycles. The van der Waals surface area contributed by atoms with Gasteiger partial charge in [-0.2, -0.15) is 0 Å². The smallest absolute Gasteiger partial charge is 0.326 e. The topological polar surface area (TPSA) is 274 Å². The molecule has 0 aliphatic heterocycles. The first kappa shape index (κ1) is 30.2. The zero-order valence-electron chi connectivity index (χ0n) is 18.9.